The average Bonchev–Trinajstić information content (AvgIpc) is 2.53. The van der Waals surface area contributed by atoms with Crippen LogP contribution in [0.5, 0.6) is 5.75 Å². The fourth-order valence-corrected chi connectivity index (χ4v) is 2.26. The number of benzene rings is 2. The lowest BCUT2D eigenvalue weighted by Gasteiger charge is -2.20. The zero-order valence-corrected chi connectivity index (χ0v) is 14.0. The Morgan fingerprint density at radius 3 is 2.61 bits per heavy atom. The van der Waals surface area contributed by atoms with E-state index in [1.807, 2.05) is 32.0 Å². The summed E-state index contributed by atoms with van der Waals surface area (Å²) < 4.78 is 24.1. The molecule has 0 bridgehead atoms. The number of thiocarbonyl (C=S) groups is 1. The number of anilines is 1. The first kappa shape index (κ1) is 17.2. The molecule has 0 aliphatic heterocycles. The molecule has 0 aromatic heterocycles. The maximum absolute atomic E-state index is 13.5. The summed E-state index contributed by atoms with van der Waals surface area (Å²) in [5.41, 5.74) is 2.90. The number of hydroxylamine groups is 1. The van der Waals surface area contributed by atoms with Crippen molar-refractivity contribution in [1.29, 1.82) is 0 Å². The van der Waals surface area contributed by atoms with Crippen LogP contribution in [0, 0.1) is 19.7 Å². The second-order valence-corrected chi connectivity index (χ2v) is 5.46. The number of rotatable bonds is 4. The molecule has 2 aromatic carbocycles. The molecule has 0 spiro atoms. The minimum atomic E-state index is -0.492. The quantitative estimate of drug-likeness (QED) is 0.671. The minimum Gasteiger partial charge on any atom is -0.489 e. The van der Waals surface area contributed by atoms with Crippen LogP contribution in [0.3, 0.4) is 0 Å². The van der Waals surface area contributed by atoms with Crippen LogP contribution in [-0.4, -0.2) is 17.5 Å². The van der Waals surface area contributed by atoms with E-state index >= 15 is 0 Å². The van der Waals surface area contributed by atoms with Crippen LogP contribution in [0.2, 0.25) is 0 Å². The Balaban J connectivity index is 2.24. The molecule has 0 aliphatic carbocycles. The Bertz CT molecular complexity index is 721. The molecule has 0 saturated heterocycles. The molecule has 23 heavy (non-hydrogen) atoms. The highest BCUT2D eigenvalue weighted by Crippen LogP contribution is 2.25. The second kappa shape index (κ2) is 7.39. The number of methoxy groups -OCH3 is 1. The van der Waals surface area contributed by atoms with E-state index in [2.05, 4.69) is 0 Å². The van der Waals surface area contributed by atoms with Gasteiger partial charge in [-0.25, -0.2) is 4.39 Å². The molecule has 2 rings (SSSR count). The molecule has 0 unspecified atom stereocenters. The molecule has 0 saturated carbocycles. The SMILES string of the molecule is COC(=S)N(O)c1cc(F)ccc1COc1ccc(C)cc1C. The van der Waals surface area contributed by atoms with Crippen molar-refractivity contribution in [3.05, 3.63) is 58.9 Å². The predicted molar refractivity (Wildman–Crippen MR) is 90.5 cm³/mol. The standard InChI is InChI=1S/C17H18FNO3S/c1-11-4-7-16(12(2)8-11)22-10-13-5-6-14(18)9-15(13)19(20)17(23)21-3/h4-9,20H,10H2,1-3H3. The van der Waals surface area contributed by atoms with Crippen molar-refractivity contribution < 1.29 is 19.1 Å². The summed E-state index contributed by atoms with van der Waals surface area (Å²) in [6.45, 7) is 4.11. The summed E-state index contributed by atoms with van der Waals surface area (Å²) in [5, 5.41) is 10.5. The highest BCUT2D eigenvalue weighted by atomic mass is 32.1. The number of aryl methyl sites for hydroxylation is 2. The van der Waals surface area contributed by atoms with Crippen molar-refractivity contribution in [3.63, 3.8) is 0 Å². The lowest BCUT2D eigenvalue weighted by atomic mass is 10.1. The second-order valence-electron chi connectivity index (χ2n) is 5.11. The molecule has 1 N–H and O–H groups in total. The van der Waals surface area contributed by atoms with Gasteiger partial charge in [0.25, 0.3) is 5.17 Å². The van der Waals surface area contributed by atoms with E-state index in [0.717, 1.165) is 16.9 Å². The average molecular weight is 335 g/mol. The molecule has 0 fully saturated rings. The summed E-state index contributed by atoms with van der Waals surface area (Å²) in [6.07, 6.45) is 0. The summed E-state index contributed by atoms with van der Waals surface area (Å²) in [7, 11) is 1.33. The van der Waals surface area contributed by atoms with Crippen LogP contribution in [0.1, 0.15) is 16.7 Å². The van der Waals surface area contributed by atoms with Gasteiger partial charge >= 0.3 is 0 Å². The molecule has 2 aromatic rings. The maximum Gasteiger partial charge on any atom is 0.288 e. The van der Waals surface area contributed by atoms with Crippen LogP contribution in [0.25, 0.3) is 0 Å². The topological polar surface area (TPSA) is 41.9 Å². The summed E-state index contributed by atoms with van der Waals surface area (Å²) in [6, 6.07) is 9.85. The van der Waals surface area contributed by atoms with Crippen LogP contribution in [-0.2, 0) is 11.3 Å². The van der Waals surface area contributed by atoms with Crippen molar-refractivity contribution in [3.8, 4) is 5.75 Å². The van der Waals surface area contributed by atoms with E-state index in [4.69, 9.17) is 21.7 Å². The van der Waals surface area contributed by atoms with Crippen LogP contribution >= 0.6 is 12.2 Å². The summed E-state index contributed by atoms with van der Waals surface area (Å²) >= 11 is 4.87. The monoisotopic (exact) mass is 335 g/mol. The smallest absolute Gasteiger partial charge is 0.288 e. The first-order valence-corrected chi connectivity index (χ1v) is 7.38. The molecule has 4 nitrogen and oxygen atoms in total. The number of nitrogens with zero attached hydrogens (tertiary/aromatic N) is 1. The maximum atomic E-state index is 13.5. The van der Waals surface area contributed by atoms with Crippen LogP contribution in [0.4, 0.5) is 10.1 Å². The summed E-state index contributed by atoms with van der Waals surface area (Å²) in [4.78, 5) is 0. The minimum absolute atomic E-state index is 0.156. The molecule has 0 amide bonds. The molecular formula is C17H18FNO3S. The van der Waals surface area contributed by atoms with Crippen LogP contribution in [0.15, 0.2) is 36.4 Å². The Kier molecular flexibility index (Phi) is 5.52. The molecule has 0 heterocycles. The van der Waals surface area contributed by atoms with E-state index in [1.165, 1.54) is 25.3 Å². The van der Waals surface area contributed by atoms with E-state index in [1.54, 1.807) is 0 Å². The van der Waals surface area contributed by atoms with Gasteiger partial charge in [-0.2, -0.15) is 5.06 Å². The Labute approximate surface area is 140 Å². The highest BCUT2D eigenvalue weighted by Gasteiger charge is 2.16. The van der Waals surface area contributed by atoms with E-state index in [-0.39, 0.29) is 17.5 Å². The fraction of sp³-hybridized carbons (Fsp3) is 0.235. The zero-order chi connectivity index (χ0) is 17.0. The van der Waals surface area contributed by atoms with Crippen molar-refractivity contribution in [1.82, 2.24) is 0 Å². The van der Waals surface area contributed by atoms with Crippen molar-refractivity contribution in [2.75, 3.05) is 12.2 Å². The predicted octanol–water partition coefficient (Wildman–Crippen LogP) is 4.15. The first-order valence-electron chi connectivity index (χ1n) is 6.98. The number of hydrogen-bond donors (Lipinski definition) is 1. The lowest BCUT2D eigenvalue weighted by Crippen LogP contribution is -2.27. The summed E-state index contributed by atoms with van der Waals surface area (Å²) in [5.74, 6) is 0.234. The fourth-order valence-electron chi connectivity index (χ4n) is 2.16. The highest BCUT2D eigenvalue weighted by molar-refractivity contribution is 7.80. The lowest BCUT2D eigenvalue weighted by molar-refractivity contribution is 0.264. The Morgan fingerprint density at radius 2 is 1.96 bits per heavy atom. The van der Waals surface area contributed by atoms with Crippen molar-refractivity contribution >= 4 is 23.1 Å². The van der Waals surface area contributed by atoms with Crippen LogP contribution < -0.4 is 9.80 Å². The normalized spacial score (nSPS) is 10.3. The van der Waals surface area contributed by atoms with E-state index < -0.39 is 5.82 Å². The van der Waals surface area contributed by atoms with Gasteiger partial charge in [-0.15, -0.1) is 0 Å². The van der Waals surface area contributed by atoms with Gasteiger partial charge in [-0.05, 0) is 43.8 Å². The number of ether oxygens (including phenoxy) is 2. The largest absolute Gasteiger partial charge is 0.489 e. The van der Waals surface area contributed by atoms with Gasteiger partial charge in [-0.1, -0.05) is 23.8 Å². The number of hydrogen-bond acceptors (Lipinski definition) is 4. The number of halogens is 1. The van der Waals surface area contributed by atoms with Crippen molar-refractivity contribution in [2.24, 2.45) is 0 Å². The van der Waals surface area contributed by atoms with Gasteiger partial charge in [0.15, 0.2) is 0 Å². The van der Waals surface area contributed by atoms with Gasteiger partial charge in [0.1, 0.15) is 18.2 Å². The zero-order valence-electron chi connectivity index (χ0n) is 13.2. The molecule has 0 radical (unpaired) electrons. The van der Waals surface area contributed by atoms with E-state index in [0.29, 0.717) is 10.6 Å². The van der Waals surface area contributed by atoms with Gasteiger partial charge in [0.05, 0.1) is 12.8 Å². The van der Waals surface area contributed by atoms with Gasteiger partial charge < -0.3 is 9.47 Å². The molecule has 0 atom stereocenters. The van der Waals surface area contributed by atoms with Gasteiger partial charge in [-0.3, -0.25) is 5.21 Å². The molecule has 6 heteroatoms. The molecular weight excluding hydrogens is 317 g/mol. The van der Waals surface area contributed by atoms with Crippen molar-refractivity contribution in [2.45, 2.75) is 20.5 Å². The van der Waals surface area contributed by atoms with Gasteiger partial charge in [0.2, 0.25) is 0 Å². The molecule has 122 valence electrons. The molecule has 0 aliphatic rings. The van der Waals surface area contributed by atoms with Gasteiger partial charge in [0, 0.05) is 11.6 Å². The van der Waals surface area contributed by atoms with E-state index in [9.17, 15) is 9.60 Å². The Hall–Kier alpha value is -2.18. The first-order chi connectivity index (χ1) is 10.9. The third-order valence-corrected chi connectivity index (χ3v) is 3.68. The third kappa shape index (κ3) is 4.18. The Morgan fingerprint density at radius 1 is 1.22 bits per heavy atom. The third-order valence-electron chi connectivity index (χ3n) is 3.34.